The Morgan fingerprint density at radius 2 is 2.15 bits per heavy atom. The Morgan fingerprint density at radius 3 is 2.96 bits per heavy atom. The molecule has 1 aromatic heterocycles. The van der Waals surface area contributed by atoms with Crippen molar-refractivity contribution in [3.8, 4) is 0 Å². The van der Waals surface area contributed by atoms with Gasteiger partial charge in [0.1, 0.15) is 0 Å². The van der Waals surface area contributed by atoms with Gasteiger partial charge >= 0.3 is 0 Å². The van der Waals surface area contributed by atoms with Crippen molar-refractivity contribution < 1.29 is 4.79 Å². The predicted molar refractivity (Wildman–Crippen MR) is 110 cm³/mol. The summed E-state index contributed by atoms with van der Waals surface area (Å²) < 4.78 is 0. The fourth-order valence-electron chi connectivity index (χ4n) is 4.05. The maximum absolute atomic E-state index is 12.2. The summed E-state index contributed by atoms with van der Waals surface area (Å²) in [6, 6.07) is 8.53. The van der Waals surface area contributed by atoms with Crippen LogP contribution in [0.3, 0.4) is 0 Å². The monoisotopic (exact) mass is 369 g/mol. The second-order valence-electron chi connectivity index (χ2n) is 7.66. The summed E-state index contributed by atoms with van der Waals surface area (Å²) in [6.45, 7) is 7.01. The number of pyridine rings is 1. The first-order chi connectivity index (χ1) is 13.1. The summed E-state index contributed by atoms with van der Waals surface area (Å²) in [7, 11) is 0. The van der Waals surface area contributed by atoms with Crippen molar-refractivity contribution in [2.75, 3.05) is 19.6 Å². The fraction of sp³-hybridized carbons (Fsp3) is 0.545. The number of rotatable bonds is 7. The number of amides is 1. The van der Waals surface area contributed by atoms with Gasteiger partial charge in [-0.3, -0.25) is 14.5 Å². The van der Waals surface area contributed by atoms with Gasteiger partial charge in [-0.25, -0.2) is 0 Å². The summed E-state index contributed by atoms with van der Waals surface area (Å²) in [6.07, 6.45) is 5.84. The van der Waals surface area contributed by atoms with Crippen LogP contribution < -0.4 is 10.9 Å². The molecular formula is C22H31N3O2. The number of hydrogen-bond acceptors (Lipinski definition) is 3. The van der Waals surface area contributed by atoms with E-state index in [1.807, 2.05) is 25.1 Å². The molecule has 1 aromatic carbocycles. The van der Waals surface area contributed by atoms with Crippen LogP contribution in [0.25, 0.3) is 10.9 Å². The molecule has 0 unspecified atom stereocenters. The lowest BCUT2D eigenvalue weighted by molar-refractivity contribution is -0.121. The van der Waals surface area contributed by atoms with Crippen molar-refractivity contribution in [1.29, 1.82) is 0 Å². The normalized spacial score (nSPS) is 17.9. The van der Waals surface area contributed by atoms with Crippen LogP contribution in [0.5, 0.6) is 0 Å². The fourth-order valence-corrected chi connectivity index (χ4v) is 4.05. The Morgan fingerprint density at radius 1 is 1.30 bits per heavy atom. The number of fused-ring (bicyclic) bond motifs is 1. The number of nitrogens with zero attached hydrogens (tertiary/aromatic N) is 1. The quantitative estimate of drug-likeness (QED) is 0.788. The van der Waals surface area contributed by atoms with Crippen molar-refractivity contribution in [3.05, 3.63) is 45.7 Å². The molecule has 0 aliphatic carbocycles. The Hall–Kier alpha value is -2.14. The highest BCUT2D eigenvalue weighted by atomic mass is 16.1. The lowest BCUT2D eigenvalue weighted by Gasteiger charge is -2.35. The Balaban J connectivity index is 1.49. The highest BCUT2D eigenvalue weighted by Gasteiger charge is 2.20. The van der Waals surface area contributed by atoms with Gasteiger partial charge in [-0.15, -0.1) is 0 Å². The maximum atomic E-state index is 12.2. The van der Waals surface area contributed by atoms with Crippen LogP contribution >= 0.6 is 0 Å². The van der Waals surface area contributed by atoms with Gasteiger partial charge in [-0.1, -0.05) is 25.0 Å². The summed E-state index contributed by atoms with van der Waals surface area (Å²) >= 11 is 0. The number of nitrogens with one attached hydrogen (secondary N) is 2. The van der Waals surface area contributed by atoms with Crippen molar-refractivity contribution in [2.24, 2.45) is 0 Å². The highest BCUT2D eigenvalue weighted by Crippen LogP contribution is 2.18. The number of carbonyl (C=O) groups excluding carboxylic acids is 1. The van der Waals surface area contributed by atoms with Crippen LogP contribution in [0.4, 0.5) is 0 Å². The average Bonchev–Trinajstić information content (AvgIpc) is 2.67. The molecule has 0 spiro atoms. The molecule has 0 saturated carbocycles. The standard InChI is InChI=1S/C22H31N3O2/c1-3-19-6-4-5-12-25(19)13-11-23-21(26)10-8-17-15-18-14-16(2)7-9-20(18)24-22(17)27/h7,9,14-15,19H,3-6,8,10-13H2,1-2H3,(H,23,26)(H,24,27)/t19-/m1/s1. The van der Waals surface area contributed by atoms with E-state index in [1.165, 1.54) is 25.7 Å². The zero-order valence-corrected chi connectivity index (χ0v) is 16.5. The molecule has 5 nitrogen and oxygen atoms in total. The predicted octanol–water partition coefficient (Wildman–Crippen LogP) is 3.15. The van der Waals surface area contributed by atoms with Crippen LogP contribution in [0.15, 0.2) is 29.1 Å². The highest BCUT2D eigenvalue weighted by molar-refractivity contribution is 5.80. The average molecular weight is 370 g/mol. The van der Waals surface area contributed by atoms with Crippen molar-refractivity contribution in [2.45, 2.75) is 58.4 Å². The minimum atomic E-state index is -0.0988. The number of aryl methyl sites for hydroxylation is 2. The van der Waals surface area contributed by atoms with E-state index in [0.29, 0.717) is 31.0 Å². The molecule has 0 radical (unpaired) electrons. The van der Waals surface area contributed by atoms with E-state index in [2.05, 4.69) is 28.2 Å². The second-order valence-corrected chi connectivity index (χ2v) is 7.66. The van der Waals surface area contributed by atoms with Crippen LogP contribution in [-0.4, -0.2) is 41.5 Å². The van der Waals surface area contributed by atoms with Crippen molar-refractivity contribution in [1.82, 2.24) is 15.2 Å². The molecule has 2 heterocycles. The third kappa shape index (κ3) is 5.19. The zero-order valence-electron chi connectivity index (χ0n) is 16.5. The number of likely N-dealkylation sites (tertiary alicyclic amines) is 1. The Kier molecular flexibility index (Phi) is 6.67. The third-order valence-electron chi connectivity index (χ3n) is 5.64. The molecule has 5 heteroatoms. The first-order valence-electron chi connectivity index (χ1n) is 10.2. The summed E-state index contributed by atoms with van der Waals surface area (Å²) in [4.78, 5) is 29.8. The van der Waals surface area contributed by atoms with E-state index in [9.17, 15) is 9.59 Å². The van der Waals surface area contributed by atoms with Crippen LogP contribution in [0.1, 0.15) is 50.2 Å². The molecule has 3 rings (SSSR count). The first kappa shape index (κ1) is 19.6. The smallest absolute Gasteiger partial charge is 0.251 e. The number of H-pyrrole nitrogens is 1. The SMILES string of the molecule is CC[C@@H]1CCCCN1CCNC(=O)CCc1cc2cc(C)ccc2[nH]c1=O. The largest absolute Gasteiger partial charge is 0.355 e. The summed E-state index contributed by atoms with van der Waals surface area (Å²) in [5.41, 5.74) is 2.57. The molecule has 1 fully saturated rings. The van der Waals surface area contributed by atoms with Gasteiger partial charge in [0.2, 0.25) is 5.91 Å². The van der Waals surface area contributed by atoms with Crippen LogP contribution in [0, 0.1) is 6.92 Å². The zero-order chi connectivity index (χ0) is 19.2. The molecule has 2 N–H and O–H groups in total. The van der Waals surface area contributed by atoms with E-state index in [1.54, 1.807) is 0 Å². The molecule has 1 amide bonds. The van der Waals surface area contributed by atoms with Gasteiger partial charge in [-0.05, 0) is 62.7 Å². The van der Waals surface area contributed by atoms with Gasteiger partial charge in [-0.2, -0.15) is 0 Å². The van der Waals surface area contributed by atoms with E-state index >= 15 is 0 Å². The lowest BCUT2D eigenvalue weighted by Crippen LogP contribution is -2.43. The van der Waals surface area contributed by atoms with Gasteiger partial charge in [0.25, 0.3) is 5.56 Å². The number of carbonyl (C=O) groups is 1. The molecule has 1 atom stereocenters. The molecule has 27 heavy (non-hydrogen) atoms. The Labute approximate surface area is 161 Å². The van der Waals surface area contributed by atoms with E-state index < -0.39 is 0 Å². The van der Waals surface area contributed by atoms with Gasteiger partial charge in [0.05, 0.1) is 0 Å². The van der Waals surface area contributed by atoms with Gasteiger partial charge in [0, 0.05) is 36.6 Å². The lowest BCUT2D eigenvalue weighted by atomic mass is 10.0. The second kappa shape index (κ2) is 9.18. The molecule has 1 saturated heterocycles. The number of aromatic amines is 1. The third-order valence-corrected chi connectivity index (χ3v) is 5.64. The maximum Gasteiger partial charge on any atom is 0.251 e. The number of hydrogen-bond donors (Lipinski definition) is 2. The summed E-state index contributed by atoms with van der Waals surface area (Å²) in [5, 5.41) is 4.03. The van der Waals surface area contributed by atoms with Gasteiger partial charge < -0.3 is 10.3 Å². The van der Waals surface area contributed by atoms with Crippen LogP contribution in [0.2, 0.25) is 0 Å². The molecule has 0 bridgehead atoms. The first-order valence-corrected chi connectivity index (χ1v) is 10.2. The van der Waals surface area contributed by atoms with Crippen molar-refractivity contribution in [3.63, 3.8) is 0 Å². The molecule has 146 valence electrons. The van der Waals surface area contributed by atoms with Gasteiger partial charge in [0.15, 0.2) is 0 Å². The molecule has 2 aromatic rings. The van der Waals surface area contributed by atoms with E-state index in [0.717, 1.165) is 29.6 Å². The van der Waals surface area contributed by atoms with Crippen molar-refractivity contribution >= 4 is 16.8 Å². The van der Waals surface area contributed by atoms with Crippen LogP contribution in [-0.2, 0) is 11.2 Å². The molecule has 1 aliphatic rings. The minimum Gasteiger partial charge on any atom is -0.355 e. The molecular weight excluding hydrogens is 338 g/mol. The summed E-state index contributed by atoms with van der Waals surface area (Å²) in [5.74, 6) is 0.0174. The number of benzene rings is 1. The minimum absolute atomic E-state index is 0.0174. The Bertz CT molecular complexity index is 843. The topological polar surface area (TPSA) is 65.2 Å². The molecule has 1 aliphatic heterocycles. The van der Waals surface area contributed by atoms with E-state index in [4.69, 9.17) is 0 Å². The number of aromatic nitrogens is 1. The number of piperidine rings is 1. The van der Waals surface area contributed by atoms with E-state index in [-0.39, 0.29) is 11.5 Å².